The zero-order chi connectivity index (χ0) is 13.3. The number of hydrogen-bond donors (Lipinski definition) is 1. The third-order valence-corrected chi connectivity index (χ3v) is 2.80. The molecule has 0 atom stereocenters. The molecule has 0 aliphatic heterocycles. The van der Waals surface area contributed by atoms with Crippen molar-refractivity contribution in [3.8, 4) is 11.4 Å². The highest BCUT2D eigenvalue weighted by molar-refractivity contribution is 5.90. The smallest absolute Gasteiger partial charge is 0.339 e. The molecule has 2 aromatic rings. The minimum atomic E-state index is -0.959. The first-order valence-corrected chi connectivity index (χ1v) is 5.48. The van der Waals surface area contributed by atoms with Crippen LogP contribution in [-0.2, 0) is 0 Å². The van der Waals surface area contributed by atoms with Gasteiger partial charge in [0, 0.05) is 6.07 Å². The van der Waals surface area contributed by atoms with E-state index in [1.807, 2.05) is 24.3 Å². The van der Waals surface area contributed by atoms with Crippen molar-refractivity contribution in [1.82, 2.24) is 9.78 Å². The Morgan fingerprint density at radius 3 is 2.67 bits per heavy atom. The zero-order valence-electron chi connectivity index (χ0n) is 10.5. The van der Waals surface area contributed by atoms with Gasteiger partial charge in [0.05, 0.1) is 24.2 Å². The number of benzene rings is 1. The van der Waals surface area contributed by atoms with Crippen LogP contribution in [0.3, 0.4) is 0 Å². The predicted octanol–water partition coefficient (Wildman–Crippen LogP) is 2.20. The molecule has 0 radical (unpaired) electrons. The molecule has 1 heterocycles. The SMILES string of the molecule is COc1cccc(-n2nc(C)c(C(=O)O)c2C)c1. The molecule has 2 rings (SSSR count). The number of aromatic nitrogens is 2. The Morgan fingerprint density at radius 2 is 2.11 bits per heavy atom. The Morgan fingerprint density at radius 1 is 1.39 bits per heavy atom. The van der Waals surface area contributed by atoms with Gasteiger partial charge in [0.1, 0.15) is 11.3 Å². The Balaban J connectivity index is 2.57. The quantitative estimate of drug-likeness (QED) is 0.901. The Hall–Kier alpha value is -2.30. The maximum atomic E-state index is 11.1. The number of carboxylic acid groups (broad SMARTS) is 1. The summed E-state index contributed by atoms with van der Waals surface area (Å²) in [6.45, 7) is 3.43. The lowest BCUT2D eigenvalue weighted by Crippen LogP contribution is -2.02. The summed E-state index contributed by atoms with van der Waals surface area (Å²) in [5.74, 6) is -0.254. The largest absolute Gasteiger partial charge is 0.497 e. The number of ether oxygens (including phenoxy) is 1. The van der Waals surface area contributed by atoms with Crippen molar-refractivity contribution in [2.45, 2.75) is 13.8 Å². The summed E-state index contributed by atoms with van der Waals surface area (Å²) in [6, 6.07) is 7.33. The van der Waals surface area contributed by atoms with Crippen molar-refractivity contribution in [2.24, 2.45) is 0 Å². The topological polar surface area (TPSA) is 64.4 Å². The lowest BCUT2D eigenvalue weighted by atomic mass is 10.2. The van der Waals surface area contributed by atoms with Crippen molar-refractivity contribution in [1.29, 1.82) is 0 Å². The fourth-order valence-corrected chi connectivity index (χ4v) is 1.95. The van der Waals surface area contributed by atoms with E-state index in [0.29, 0.717) is 17.1 Å². The second-order valence-electron chi connectivity index (χ2n) is 3.96. The minimum Gasteiger partial charge on any atom is -0.497 e. The summed E-state index contributed by atoms with van der Waals surface area (Å²) in [7, 11) is 1.59. The molecule has 5 heteroatoms. The van der Waals surface area contributed by atoms with Crippen LogP contribution in [0.1, 0.15) is 21.7 Å². The van der Waals surface area contributed by atoms with Gasteiger partial charge in [-0.05, 0) is 26.0 Å². The molecule has 0 bridgehead atoms. The molecule has 0 aliphatic rings. The number of carboxylic acids is 1. The number of hydrogen-bond acceptors (Lipinski definition) is 3. The molecule has 0 saturated carbocycles. The van der Waals surface area contributed by atoms with Crippen LogP contribution in [0.2, 0.25) is 0 Å². The average Bonchev–Trinajstić information content (AvgIpc) is 2.65. The highest BCUT2D eigenvalue weighted by atomic mass is 16.5. The Bertz CT molecular complexity index is 602. The van der Waals surface area contributed by atoms with Gasteiger partial charge in [-0.25, -0.2) is 9.48 Å². The molecule has 0 unspecified atom stereocenters. The first-order chi connectivity index (χ1) is 8.54. The summed E-state index contributed by atoms with van der Waals surface area (Å²) in [5.41, 5.74) is 2.14. The highest BCUT2D eigenvalue weighted by Crippen LogP contribution is 2.21. The van der Waals surface area contributed by atoms with Gasteiger partial charge in [-0.1, -0.05) is 6.07 Å². The molecule has 0 spiro atoms. The van der Waals surface area contributed by atoms with Crippen molar-refractivity contribution < 1.29 is 14.6 Å². The summed E-state index contributed by atoms with van der Waals surface area (Å²) < 4.78 is 6.76. The van der Waals surface area contributed by atoms with Crippen LogP contribution in [0.5, 0.6) is 5.75 Å². The molecule has 0 fully saturated rings. The van der Waals surface area contributed by atoms with Crippen molar-refractivity contribution >= 4 is 5.97 Å². The van der Waals surface area contributed by atoms with Crippen LogP contribution < -0.4 is 4.74 Å². The first-order valence-electron chi connectivity index (χ1n) is 5.48. The lowest BCUT2D eigenvalue weighted by Gasteiger charge is -2.06. The molecule has 1 aromatic carbocycles. The molecular weight excluding hydrogens is 232 g/mol. The number of aromatic carboxylic acids is 1. The molecule has 18 heavy (non-hydrogen) atoms. The van der Waals surface area contributed by atoms with E-state index < -0.39 is 5.97 Å². The van der Waals surface area contributed by atoms with Gasteiger partial charge in [-0.15, -0.1) is 0 Å². The molecule has 1 N–H and O–H groups in total. The fourth-order valence-electron chi connectivity index (χ4n) is 1.95. The van der Waals surface area contributed by atoms with Crippen LogP contribution in [0.4, 0.5) is 0 Å². The van der Waals surface area contributed by atoms with Crippen LogP contribution in [0.15, 0.2) is 24.3 Å². The molecule has 94 valence electrons. The van der Waals surface area contributed by atoms with Crippen LogP contribution in [0.25, 0.3) is 5.69 Å². The number of nitrogens with zero attached hydrogens (tertiary/aromatic N) is 2. The third-order valence-electron chi connectivity index (χ3n) is 2.80. The van der Waals surface area contributed by atoms with Crippen molar-refractivity contribution in [3.63, 3.8) is 0 Å². The second-order valence-corrected chi connectivity index (χ2v) is 3.96. The molecule has 0 saturated heterocycles. The van der Waals surface area contributed by atoms with Crippen molar-refractivity contribution in [2.75, 3.05) is 7.11 Å². The first kappa shape index (κ1) is 12.2. The fraction of sp³-hybridized carbons (Fsp3) is 0.231. The number of carbonyl (C=O) groups is 1. The maximum absolute atomic E-state index is 11.1. The van der Waals surface area contributed by atoms with E-state index >= 15 is 0 Å². The lowest BCUT2D eigenvalue weighted by molar-refractivity contribution is 0.0695. The van der Waals surface area contributed by atoms with E-state index in [1.165, 1.54) is 0 Å². The van der Waals surface area contributed by atoms with Gasteiger partial charge in [-0.3, -0.25) is 0 Å². The van der Waals surface area contributed by atoms with Gasteiger partial charge < -0.3 is 9.84 Å². The zero-order valence-corrected chi connectivity index (χ0v) is 10.5. The number of methoxy groups -OCH3 is 1. The van der Waals surface area contributed by atoms with Gasteiger partial charge >= 0.3 is 5.97 Å². The van der Waals surface area contributed by atoms with Gasteiger partial charge in [0.25, 0.3) is 0 Å². The van der Waals surface area contributed by atoms with Gasteiger partial charge in [-0.2, -0.15) is 5.10 Å². The van der Waals surface area contributed by atoms with Gasteiger partial charge in [0.2, 0.25) is 0 Å². The standard InChI is InChI=1S/C13H14N2O3/c1-8-12(13(16)17)9(2)15(14-8)10-5-4-6-11(7-10)18-3/h4-7H,1-3H3,(H,16,17). The predicted molar refractivity (Wildman–Crippen MR) is 66.5 cm³/mol. The van der Waals surface area contributed by atoms with Crippen LogP contribution >= 0.6 is 0 Å². The molecule has 1 aromatic heterocycles. The Labute approximate surface area is 105 Å². The number of rotatable bonds is 3. The van der Waals surface area contributed by atoms with Crippen LogP contribution in [-0.4, -0.2) is 28.0 Å². The van der Waals surface area contributed by atoms with Crippen molar-refractivity contribution in [3.05, 3.63) is 41.2 Å². The maximum Gasteiger partial charge on any atom is 0.339 e. The van der Waals surface area contributed by atoms with Crippen LogP contribution in [0, 0.1) is 13.8 Å². The summed E-state index contributed by atoms with van der Waals surface area (Å²) in [5, 5.41) is 13.4. The normalized spacial score (nSPS) is 10.4. The second kappa shape index (κ2) is 4.52. The molecule has 0 aliphatic carbocycles. The van der Waals surface area contributed by atoms with Gasteiger partial charge in [0.15, 0.2) is 0 Å². The monoisotopic (exact) mass is 246 g/mol. The van der Waals surface area contributed by atoms with E-state index in [0.717, 1.165) is 5.69 Å². The Kier molecular flexibility index (Phi) is 3.06. The molecule has 0 amide bonds. The van der Waals surface area contributed by atoms with E-state index in [-0.39, 0.29) is 5.56 Å². The summed E-state index contributed by atoms with van der Waals surface area (Å²) >= 11 is 0. The summed E-state index contributed by atoms with van der Waals surface area (Å²) in [6.07, 6.45) is 0. The molecular formula is C13H14N2O3. The number of aryl methyl sites for hydroxylation is 1. The molecule has 5 nitrogen and oxygen atoms in total. The van der Waals surface area contributed by atoms with E-state index in [2.05, 4.69) is 5.10 Å². The highest BCUT2D eigenvalue weighted by Gasteiger charge is 2.18. The summed E-state index contributed by atoms with van der Waals surface area (Å²) in [4.78, 5) is 11.1. The average molecular weight is 246 g/mol. The van der Waals surface area contributed by atoms with E-state index in [1.54, 1.807) is 25.6 Å². The van der Waals surface area contributed by atoms with E-state index in [9.17, 15) is 4.79 Å². The third kappa shape index (κ3) is 1.95. The minimum absolute atomic E-state index is 0.248. The van der Waals surface area contributed by atoms with E-state index in [4.69, 9.17) is 9.84 Å².